The number of hydrogen-bond donors (Lipinski definition) is 2. The van der Waals surface area contributed by atoms with Gasteiger partial charge >= 0.3 is 5.97 Å². The lowest BCUT2D eigenvalue weighted by Gasteiger charge is -2.36. The summed E-state index contributed by atoms with van der Waals surface area (Å²) in [7, 11) is 0. The van der Waals surface area contributed by atoms with Gasteiger partial charge in [0.05, 0.1) is 5.56 Å². The van der Waals surface area contributed by atoms with E-state index in [0.717, 1.165) is 54.5 Å². The second kappa shape index (κ2) is 6.66. The van der Waals surface area contributed by atoms with Crippen molar-refractivity contribution < 1.29 is 14.7 Å². The molecule has 0 atom stereocenters. The van der Waals surface area contributed by atoms with E-state index in [0.29, 0.717) is 5.56 Å². The van der Waals surface area contributed by atoms with Gasteiger partial charge < -0.3 is 10.4 Å². The molecule has 1 fully saturated rings. The van der Waals surface area contributed by atoms with E-state index in [4.69, 9.17) is 0 Å². The van der Waals surface area contributed by atoms with Gasteiger partial charge in [0.15, 0.2) is 5.78 Å². The summed E-state index contributed by atoms with van der Waals surface area (Å²) in [5.41, 5.74) is 3.63. The second-order valence-electron chi connectivity index (χ2n) is 8.11. The number of benzene rings is 1. The molecule has 1 aromatic carbocycles. The van der Waals surface area contributed by atoms with Crippen molar-refractivity contribution in [3.05, 3.63) is 40.5 Å². The van der Waals surface area contributed by atoms with Crippen molar-refractivity contribution in [2.45, 2.75) is 64.8 Å². The lowest BCUT2D eigenvalue weighted by atomic mass is 9.82. The molecule has 4 nitrogen and oxygen atoms in total. The van der Waals surface area contributed by atoms with Crippen molar-refractivity contribution in [3.63, 3.8) is 0 Å². The Labute approximate surface area is 149 Å². The van der Waals surface area contributed by atoms with Gasteiger partial charge in [0.25, 0.3) is 0 Å². The standard InChI is InChI=1S/C21H27NO3/c1-13-9-15-12-21(2,3)22-18(17(15)10-16(13)20(24)25)11-19(23)14-7-5-4-6-8-14/h9-11,14,22H,4-8,12H2,1-3H3,(H,24,25). The Morgan fingerprint density at radius 1 is 1.20 bits per heavy atom. The fourth-order valence-corrected chi connectivity index (χ4v) is 4.11. The molecule has 0 unspecified atom stereocenters. The third-order valence-corrected chi connectivity index (χ3v) is 5.37. The number of carbonyl (C=O) groups excluding carboxylic acids is 1. The number of ketones is 1. The second-order valence-corrected chi connectivity index (χ2v) is 8.11. The SMILES string of the molecule is Cc1cc2c(cc1C(=O)O)C(=CC(=O)C1CCCCC1)NC(C)(C)C2. The van der Waals surface area contributed by atoms with E-state index < -0.39 is 5.97 Å². The molecule has 1 aliphatic heterocycles. The summed E-state index contributed by atoms with van der Waals surface area (Å²) in [4.78, 5) is 24.2. The number of aromatic carboxylic acids is 1. The predicted octanol–water partition coefficient (Wildman–Crippen LogP) is 4.11. The van der Waals surface area contributed by atoms with E-state index in [1.165, 1.54) is 6.42 Å². The average Bonchev–Trinajstić information content (AvgIpc) is 2.53. The number of allylic oxidation sites excluding steroid dienone is 1. The van der Waals surface area contributed by atoms with Crippen LogP contribution in [0.4, 0.5) is 0 Å². The van der Waals surface area contributed by atoms with Crippen LogP contribution in [-0.4, -0.2) is 22.4 Å². The first-order valence-corrected chi connectivity index (χ1v) is 9.18. The average molecular weight is 341 g/mol. The molecule has 0 radical (unpaired) electrons. The minimum absolute atomic E-state index is 0.112. The molecule has 1 aromatic rings. The third kappa shape index (κ3) is 3.78. The van der Waals surface area contributed by atoms with E-state index >= 15 is 0 Å². The van der Waals surface area contributed by atoms with Crippen molar-refractivity contribution in [1.82, 2.24) is 5.32 Å². The maximum absolute atomic E-state index is 12.7. The number of carboxylic acids is 1. The van der Waals surface area contributed by atoms with Gasteiger partial charge in [0, 0.05) is 28.8 Å². The van der Waals surface area contributed by atoms with Crippen LogP contribution in [0.2, 0.25) is 0 Å². The molecule has 0 spiro atoms. The molecule has 4 heteroatoms. The van der Waals surface area contributed by atoms with Gasteiger partial charge in [-0.25, -0.2) is 4.79 Å². The molecule has 0 aromatic heterocycles. The lowest BCUT2D eigenvalue weighted by Crippen LogP contribution is -2.44. The number of hydrogen-bond acceptors (Lipinski definition) is 3. The highest BCUT2D eigenvalue weighted by Crippen LogP contribution is 2.33. The molecule has 0 bridgehead atoms. The van der Waals surface area contributed by atoms with Gasteiger partial charge in [0.2, 0.25) is 0 Å². The zero-order valence-corrected chi connectivity index (χ0v) is 15.3. The molecular weight excluding hydrogens is 314 g/mol. The Bertz CT molecular complexity index is 740. The summed E-state index contributed by atoms with van der Waals surface area (Å²) in [6.07, 6.45) is 7.92. The molecule has 2 N–H and O–H groups in total. The summed E-state index contributed by atoms with van der Waals surface area (Å²) in [5.74, 6) is -0.646. The van der Waals surface area contributed by atoms with E-state index in [1.807, 2.05) is 13.0 Å². The highest BCUT2D eigenvalue weighted by atomic mass is 16.4. The molecule has 1 aliphatic carbocycles. The maximum atomic E-state index is 12.7. The number of fused-ring (bicyclic) bond motifs is 1. The van der Waals surface area contributed by atoms with E-state index in [1.54, 1.807) is 12.1 Å². The third-order valence-electron chi connectivity index (χ3n) is 5.37. The number of carboxylic acid groups (broad SMARTS) is 1. The Hall–Kier alpha value is -2.10. The van der Waals surface area contributed by atoms with Crippen LogP contribution < -0.4 is 5.32 Å². The molecule has 1 heterocycles. The van der Waals surface area contributed by atoms with E-state index in [2.05, 4.69) is 19.2 Å². The van der Waals surface area contributed by atoms with E-state index in [9.17, 15) is 14.7 Å². The van der Waals surface area contributed by atoms with Gasteiger partial charge in [-0.3, -0.25) is 4.79 Å². The van der Waals surface area contributed by atoms with Gasteiger partial charge in [-0.2, -0.15) is 0 Å². The summed E-state index contributed by atoms with van der Waals surface area (Å²) >= 11 is 0. The van der Waals surface area contributed by atoms with Crippen molar-refractivity contribution >= 4 is 17.4 Å². The number of nitrogens with one attached hydrogen (secondary N) is 1. The highest BCUT2D eigenvalue weighted by molar-refractivity contribution is 5.99. The fourth-order valence-electron chi connectivity index (χ4n) is 4.11. The summed E-state index contributed by atoms with van der Waals surface area (Å²) in [6, 6.07) is 3.68. The summed E-state index contributed by atoms with van der Waals surface area (Å²) in [5, 5.41) is 12.9. The molecular formula is C21H27NO3. The van der Waals surface area contributed by atoms with Crippen LogP contribution in [-0.2, 0) is 11.2 Å². The molecule has 25 heavy (non-hydrogen) atoms. The maximum Gasteiger partial charge on any atom is 0.335 e. The van der Waals surface area contributed by atoms with Gasteiger partial charge in [0.1, 0.15) is 0 Å². The van der Waals surface area contributed by atoms with Crippen LogP contribution >= 0.6 is 0 Å². The molecule has 0 amide bonds. The van der Waals surface area contributed by atoms with Crippen LogP contribution in [0.5, 0.6) is 0 Å². The van der Waals surface area contributed by atoms with Crippen LogP contribution in [0.25, 0.3) is 5.70 Å². The Kier molecular flexibility index (Phi) is 4.72. The smallest absolute Gasteiger partial charge is 0.335 e. The van der Waals surface area contributed by atoms with Crippen LogP contribution in [0.1, 0.15) is 73.0 Å². The topological polar surface area (TPSA) is 66.4 Å². The number of carbonyl (C=O) groups is 2. The zero-order valence-electron chi connectivity index (χ0n) is 15.3. The van der Waals surface area contributed by atoms with Crippen molar-refractivity contribution in [1.29, 1.82) is 0 Å². The quantitative estimate of drug-likeness (QED) is 0.812. The first-order chi connectivity index (χ1) is 11.8. The first kappa shape index (κ1) is 17.7. The lowest BCUT2D eigenvalue weighted by molar-refractivity contribution is -0.119. The van der Waals surface area contributed by atoms with Gasteiger partial charge in [-0.1, -0.05) is 25.3 Å². The van der Waals surface area contributed by atoms with Crippen molar-refractivity contribution in [2.24, 2.45) is 5.92 Å². The van der Waals surface area contributed by atoms with Crippen LogP contribution in [0.3, 0.4) is 0 Å². The zero-order chi connectivity index (χ0) is 18.2. The molecule has 3 rings (SSSR count). The normalized spacial score (nSPS) is 21.5. The molecule has 2 aliphatic rings. The molecule has 134 valence electrons. The number of rotatable bonds is 3. The van der Waals surface area contributed by atoms with Gasteiger partial charge in [-0.15, -0.1) is 0 Å². The Morgan fingerprint density at radius 3 is 2.52 bits per heavy atom. The summed E-state index contributed by atoms with van der Waals surface area (Å²) < 4.78 is 0. The monoisotopic (exact) mass is 341 g/mol. The minimum Gasteiger partial charge on any atom is -0.478 e. The van der Waals surface area contributed by atoms with Crippen molar-refractivity contribution in [3.8, 4) is 0 Å². The Morgan fingerprint density at radius 2 is 1.88 bits per heavy atom. The minimum atomic E-state index is -0.928. The largest absolute Gasteiger partial charge is 0.478 e. The number of aryl methyl sites for hydroxylation is 1. The van der Waals surface area contributed by atoms with Crippen LogP contribution in [0, 0.1) is 12.8 Å². The molecule has 0 saturated heterocycles. The Balaban J connectivity index is 2.02. The highest BCUT2D eigenvalue weighted by Gasteiger charge is 2.30. The van der Waals surface area contributed by atoms with E-state index in [-0.39, 0.29) is 17.2 Å². The van der Waals surface area contributed by atoms with Gasteiger partial charge in [-0.05, 0) is 57.2 Å². The van der Waals surface area contributed by atoms with Crippen molar-refractivity contribution in [2.75, 3.05) is 0 Å². The molecule has 1 saturated carbocycles. The predicted molar refractivity (Wildman–Crippen MR) is 98.6 cm³/mol. The van der Waals surface area contributed by atoms with Crippen LogP contribution in [0.15, 0.2) is 18.2 Å². The fraction of sp³-hybridized carbons (Fsp3) is 0.524. The first-order valence-electron chi connectivity index (χ1n) is 9.18. The summed E-state index contributed by atoms with van der Waals surface area (Å²) in [6.45, 7) is 6.04.